The summed E-state index contributed by atoms with van der Waals surface area (Å²) >= 11 is 0. The number of likely N-dealkylation sites (N-methyl/N-ethyl adjacent to an activating group) is 1. The predicted octanol–water partition coefficient (Wildman–Crippen LogP) is 2.26. The third kappa shape index (κ3) is 2.61. The van der Waals surface area contributed by atoms with E-state index in [0.29, 0.717) is 6.04 Å². The van der Waals surface area contributed by atoms with Crippen LogP contribution in [0.3, 0.4) is 0 Å². The monoisotopic (exact) mass is 285 g/mol. The summed E-state index contributed by atoms with van der Waals surface area (Å²) in [5.74, 6) is 1.05. The van der Waals surface area contributed by atoms with Crippen molar-refractivity contribution in [1.29, 1.82) is 0 Å². The number of pyridine rings is 1. The lowest BCUT2D eigenvalue weighted by Gasteiger charge is -2.40. The van der Waals surface area contributed by atoms with E-state index in [1.165, 1.54) is 0 Å². The number of piperazine rings is 1. The minimum absolute atomic E-state index is 0.0355. The molecule has 2 aromatic rings. The molecule has 0 radical (unpaired) electrons. The predicted molar refractivity (Wildman–Crippen MR) is 86.6 cm³/mol. The first-order valence-corrected chi connectivity index (χ1v) is 7.71. The highest BCUT2D eigenvalue weighted by Crippen LogP contribution is 2.28. The zero-order valence-electron chi connectivity index (χ0n) is 12.8. The van der Waals surface area contributed by atoms with Crippen molar-refractivity contribution in [3.05, 3.63) is 36.0 Å². The molecule has 1 saturated heterocycles. The standard InChI is InChI=1S/C17H23N3O/c1-3-19-8-9-20(11-13(19)2)17-16-7-5-4-6-15(16)14(12-21)10-18-17/h4-7,10,13,21H,3,8-9,11-12H2,1-2H3. The lowest BCUT2D eigenvalue weighted by Crippen LogP contribution is -2.52. The Morgan fingerprint density at radius 3 is 2.67 bits per heavy atom. The molecular weight excluding hydrogens is 262 g/mol. The number of anilines is 1. The van der Waals surface area contributed by atoms with E-state index in [2.05, 4.69) is 40.8 Å². The molecule has 0 spiro atoms. The largest absolute Gasteiger partial charge is 0.392 e. The van der Waals surface area contributed by atoms with E-state index in [4.69, 9.17) is 0 Å². The first kappa shape index (κ1) is 14.3. The van der Waals surface area contributed by atoms with Gasteiger partial charge in [-0.05, 0) is 18.9 Å². The second kappa shape index (κ2) is 6.00. The van der Waals surface area contributed by atoms with Gasteiger partial charge in [-0.15, -0.1) is 0 Å². The Balaban J connectivity index is 1.98. The van der Waals surface area contributed by atoms with Crippen molar-refractivity contribution in [2.75, 3.05) is 31.1 Å². The molecule has 1 aliphatic heterocycles. The number of rotatable bonds is 3. The molecule has 0 amide bonds. The maximum absolute atomic E-state index is 9.49. The van der Waals surface area contributed by atoms with Crippen molar-refractivity contribution in [2.45, 2.75) is 26.5 Å². The fourth-order valence-electron chi connectivity index (χ4n) is 3.27. The topological polar surface area (TPSA) is 39.6 Å². The molecule has 112 valence electrons. The maximum atomic E-state index is 9.49. The minimum Gasteiger partial charge on any atom is -0.392 e. The molecule has 4 heteroatoms. The van der Waals surface area contributed by atoms with E-state index >= 15 is 0 Å². The molecule has 2 heterocycles. The maximum Gasteiger partial charge on any atom is 0.136 e. The molecule has 4 nitrogen and oxygen atoms in total. The Kier molecular flexibility index (Phi) is 4.08. The normalized spacial score (nSPS) is 20.1. The summed E-state index contributed by atoms with van der Waals surface area (Å²) < 4.78 is 0. The van der Waals surface area contributed by atoms with Crippen molar-refractivity contribution in [3.63, 3.8) is 0 Å². The van der Waals surface area contributed by atoms with Crippen LogP contribution in [0.25, 0.3) is 10.8 Å². The van der Waals surface area contributed by atoms with Crippen molar-refractivity contribution in [1.82, 2.24) is 9.88 Å². The van der Waals surface area contributed by atoms with Crippen LogP contribution in [-0.2, 0) is 6.61 Å². The van der Waals surface area contributed by atoms with E-state index in [9.17, 15) is 5.11 Å². The second-order valence-electron chi connectivity index (χ2n) is 5.73. The summed E-state index contributed by atoms with van der Waals surface area (Å²) in [6, 6.07) is 8.77. The van der Waals surface area contributed by atoms with Crippen LogP contribution in [0.1, 0.15) is 19.4 Å². The Morgan fingerprint density at radius 2 is 2.00 bits per heavy atom. The SMILES string of the molecule is CCN1CCN(c2ncc(CO)c3ccccc23)CC1C. The van der Waals surface area contributed by atoms with Crippen LogP contribution in [0, 0.1) is 0 Å². The van der Waals surface area contributed by atoms with E-state index in [1.54, 1.807) is 0 Å². The third-order valence-corrected chi connectivity index (χ3v) is 4.50. The van der Waals surface area contributed by atoms with Gasteiger partial charge in [-0.2, -0.15) is 0 Å². The van der Waals surface area contributed by atoms with Crippen LogP contribution in [0.5, 0.6) is 0 Å². The molecule has 0 bridgehead atoms. The van der Waals surface area contributed by atoms with Gasteiger partial charge in [-0.25, -0.2) is 4.98 Å². The molecule has 1 aromatic carbocycles. The number of hydrogen-bond donors (Lipinski definition) is 1. The van der Waals surface area contributed by atoms with Gasteiger partial charge in [0.1, 0.15) is 5.82 Å². The Morgan fingerprint density at radius 1 is 1.24 bits per heavy atom. The highest BCUT2D eigenvalue weighted by Gasteiger charge is 2.24. The van der Waals surface area contributed by atoms with Crippen LogP contribution in [0.15, 0.2) is 30.5 Å². The van der Waals surface area contributed by atoms with Crippen molar-refractivity contribution >= 4 is 16.6 Å². The summed E-state index contributed by atoms with van der Waals surface area (Å²) in [5, 5.41) is 11.7. The Bertz CT molecular complexity index is 628. The zero-order valence-corrected chi connectivity index (χ0v) is 12.8. The summed E-state index contributed by atoms with van der Waals surface area (Å²) in [6.45, 7) is 8.72. The second-order valence-corrected chi connectivity index (χ2v) is 5.73. The first-order chi connectivity index (χ1) is 10.2. The van der Waals surface area contributed by atoms with Gasteiger partial charge in [0.25, 0.3) is 0 Å². The van der Waals surface area contributed by atoms with Crippen molar-refractivity contribution in [3.8, 4) is 0 Å². The van der Waals surface area contributed by atoms with Crippen LogP contribution in [0.4, 0.5) is 5.82 Å². The molecule has 1 aliphatic rings. The lowest BCUT2D eigenvalue weighted by atomic mass is 10.1. The van der Waals surface area contributed by atoms with Gasteiger partial charge in [0, 0.05) is 42.8 Å². The highest BCUT2D eigenvalue weighted by atomic mass is 16.3. The molecule has 0 saturated carbocycles. The molecule has 21 heavy (non-hydrogen) atoms. The smallest absolute Gasteiger partial charge is 0.136 e. The number of aliphatic hydroxyl groups is 1. The van der Waals surface area contributed by atoms with Crippen LogP contribution >= 0.6 is 0 Å². The van der Waals surface area contributed by atoms with Gasteiger partial charge in [0.05, 0.1) is 6.61 Å². The number of fused-ring (bicyclic) bond motifs is 1. The zero-order chi connectivity index (χ0) is 14.8. The quantitative estimate of drug-likeness (QED) is 0.939. The van der Waals surface area contributed by atoms with E-state index in [0.717, 1.165) is 48.3 Å². The third-order valence-electron chi connectivity index (χ3n) is 4.50. The molecule has 0 aliphatic carbocycles. The van der Waals surface area contributed by atoms with Gasteiger partial charge < -0.3 is 10.0 Å². The van der Waals surface area contributed by atoms with Gasteiger partial charge in [-0.1, -0.05) is 31.2 Å². The summed E-state index contributed by atoms with van der Waals surface area (Å²) in [5.41, 5.74) is 0.898. The van der Waals surface area contributed by atoms with E-state index in [1.807, 2.05) is 18.3 Å². The summed E-state index contributed by atoms with van der Waals surface area (Å²) in [6.07, 6.45) is 1.81. The number of benzene rings is 1. The van der Waals surface area contributed by atoms with Crippen LogP contribution in [-0.4, -0.2) is 47.2 Å². The molecular formula is C17H23N3O. The molecule has 3 rings (SSSR count). The average Bonchev–Trinajstić information content (AvgIpc) is 2.53. The van der Waals surface area contributed by atoms with Crippen molar-refractivity contribution in [2.24, 2.45) is 0 Å². The summed E-state index contributed by atoms with van der Waals surface area (Å²) in [7, 11) is 0. The minimum atomic E-state index is 0.0355. The lowest BCUT2D eigenvalue weighted by molar-refractivity contribution is 0.199. The number of hydrogen-bond acceptors (Lipinski definition) is 4. The van der Waals surface area contributed by atoms with Gasteiger partial charge in [-0.3, -0.25) is 4.90 Å². The van der Waals surface area contributed by atoms with Gasteiger partial charge >= 0.3 is 0 Å². The fourth-order valence-corrected chi connectivity index (χ4v) is 3.27. The average molecular weight is 285 g/mol. The van der Waals surface area contributed by atoms with E-state index in [-0.39, 0.29) is 6.61 Å². The molecule has 1 unspecified atom stereocenters. The molecule has 1 N–H and O–H groups in total. The molecule has 1 fully saturated rings. The highest BCUT2D eigenvalue weighted by molar-refractivity contribution is 5.94. The summed E-state index contributed by atoms with van der Waals surface area (Å²) in [4.78, 5) is 9.51. The van der Waals surface area contributed by atoms with E-state index < -0.39 is 0 Å². The van der Waals surface area contributed by atoms with Crippen molar-refractivity contribution < 1.29 is 5.11 Å². The Labute approximate surface area is 126 Å². The number of nitrogens with zero attached hydrogens (tertiary/aromatic N) is 3. The van der Waals surface area contributed by atoms with Gasteiger partial charge in [0.15, 0.2) is 0 Å². The fraction of sp³-hybridized carbons (Fsp3) is 0.471. The molecule has 1 atom stereocenters. The molecule has 1 aromatic heterocycles. The Hall–Kier alpha value is -1.65. The van der Waals surface area contributed by atoms with Gasteiger partial charge in [0.2, 0.25) is 0 Å². The first-order valence-electron chi connectivity index (χ1n) is 7.71. The van der Waals surface area contributed by atoms with Crippen LogP contribution < -0.4 is 4.90 Å². The number of aliphatic hydroxyl groups excluding tert-OH is 1. The van der Waals surface area contributed by atoms with Crippen LogP contribution in [0.2, 0.25) is 0 Å². The number of aromatic nitrogens is 1.